The number of halogens is 6. The van der Waals surface area contributed by atoms with Crippen molar-refractivity contribution in [3.8, 4) is 0 Å². The molecule has 1 fully saturated rings. The Morgan fingerprint density at radius 3 is 2.29 bits per heavy atom. The zero-order valence-corrected chi connectivity index (χ0v) is 18.2. The lowest BCUT2D eigenvalue weighted by atomic mass is 9.86. The van der Waals surface area contributed by atoms with Gasteiger partial charge >= 0.3 is 12.4 Å². The molecule has 0 unspecified atom stereocenters. The highest BCUT2D eigenvalue weighted by atomic mass is 19.4. The van der Waals surface area contributed by atoms with Gasteiger partial charge < -0.3 is 9.80 Å². The average molecular weight is 487 g/mol. The van der Waals surface area contributed by atoms with Gasteiger partial charge in [0.2, 0.25) is 5.91 Å². The van der Waals surface area contributed by atoms with Gasteiger partial charge in [-0.3, -0.25) is 14.6 Å². The molecule has 0 aliphatic carbocycles. The first-order valence-electron chi connectivity index (χ1n) is 11.0. The number of benzene rings is 1. The molecule has 0 aromatic heterocycles. The molecule has 1 saturated heterocycles. The summed E-state index contributed by atoms with van der Waals surface area (Å²) in [7, 11) is 0. The number of nitrogens with zero attached hydrogens (tertiary/aromatic N) is 3. The quantitative estimate of drug-likeness (QED) is 0.596. The summed E-state index contributed by atoms with van der Waals surface area (Å²) < 4.78 is 78.0. The maximum absolute atomic E-state index is 13.4. The molecule has 2 amide bonds. The fraction of sp³-hybridized carbons (Fsp3) is 0.522. The summed E-state index contributed by atoms with van der Waals surface area (Å²) in [6, 6.07) is 5.44. The summed E-state index contributed by atoms with van der Waals surface area (Å²) in [5.41, 5.74) is 1.04. The van der Waals surface area contributed by atoms with E-state index >= 15 is 0 Å². The molecule has 11 heteroatoms. The van der Waals surface area contributed by atoms with Gasteiger partial charge in [-0.1, -0.05) is 18.2 Å². The van der Waals surface area contributed by atoms with E-state index in [1.54, 1.807) is 6.07 Å². The molecule has 0 bridgehead atoms. The highest BCUT2D eigenvalue weighted by Crippen LogP contribution is 2.39. The van der Waals surface area contributed by atoms with Gasteiger partial charge in [-0.2, -0.15) is 26.3 Å². The summed E-state index contributed by atoms with van der Waals surface area (Å²) in [4.78, 5) is 32.1. The van der Waals surface area contributed by atoms with E-state index in [2.05, 4.69) is 4.99 Å². The maximum atomic E-state index is 13.4. The molecule has 3 aliphatic rings. The molecule has 3 aliphatic heterocycles. The summed E-state index contributed by atoms with van der Waals surface area (Å²) >= 11 is 0. The average Bonchev–Trinajstić information content (AvgIpc) is 3.20. The monoisotopic (exact) mass is 487 g/mol. The molecule has 1 aromatic rings. The second-order valence-corrected chi connectivity index (χ2v) is 8.76. The molecule has 4 rings (SSSR count). The van der Waals surface area contributed by atoms with Crippen molar-refractivity contribution in [1.82, 2.24) is 9.80 Å². The van der Waals surface area contributed by atoms with Crippen LogP contribution in [0.3, 0.4) is 0 Å². The molecule has 0 radical (unpaired) electrons. The van der Waals surface area contributed by atoms with Gasteiger partial charge in [-0.25, -0.2) is 0 Å². The molecule has 5 nitrogen and oxygen atoms in total. The third-order valence-corrected chi connectivity index (χ3v) is 6.57. The minimum Gasteiger partial charge on any atom is -0.338 e. The van der Waals surface area contributed by atoms with Crippen molar-refractivity contribution < 1.29 is 35.9 Å². The standard InChI is InChI=1S/C23H23F6N3O2/c24-22(25,26)11-19(33)32-10-7-15-12-30-20(17(15)13-32)21(34)31-8-5-14(6-9-31)16-3-1-2-4-18(16)23(27,28)29/h1-4,14H,5-13H2. The summed E-state index contributed by atoms with van der Waals surface area (Å²) in [5, 5.41) is 0. The lowest BCUT2D eigenvalue weighted by Crippen LogP contribution is -2.45. The normalized spacial score (nSPS) is 19.9. The molecule has 0 saturated carbocycles. The fourth-order valence-corrected chi connectivity index (χ4v) is 4.84. The van der Waals surface area contributed by atoms with Crippen LogP contribution in [0.4, 0.5) is 26.3 Å². The Balaban J connectivity index is 1.41. The van der Waals surface area contributed by atoms with Crippen LogP contribution in [-0.4, -0.2) is 66.2 Å². The summed E-state index contributed by atoms with van der Waals surface area (Å²) in [5.74, 6) is -1.77. The first kappa shape index (κ1) is 24.3. The third-order valence-electron chi connectivity index (χ3n) is 6.57. The number of amides is 2. The van der Waals surface area contributed by atoms with Gasteiger partial charge in [0.25, 0.3) is 5.91 Å². The largest absolute Gasteiger partial charge is 0.416 e. The zero-order valence-electron chi connectivity index (χ0n) is 18.2. The van der Waals surface area contributed by atoms with Crippen molar-refractivity contribution in [1.29, 1.82) is 0 Å². The van der Waals surface area contributed by atoms with E-state index in [1.807, 2.05) is 0 Å². The number of likely N-dealkylation sites (tertiary alicyclic amines) is 1. The van der Waals surface area contributed by atoms with Crippen LogP contribution in [0.25, 0.3) is 0 Å². The van der Waals surface area contributed by atoms with Crippen molar-refractivity contribution in [2.45, 2.75) is 44.0 Å². The summed E-state index contributed by atoms with van der Waals surface area (Å²) in [6.45, 7) is 0.814. The number of hydrogen-bond donors (Lipinski definition) is 0. The minimum atomic E-state index is -4.61. The van der Waals surface area contributed by atoms with Crippen molar-refractivity contribution in [3.05, 3.63) is 46.5 Å². The lowest BCUT2D eigenvalue weighted by molar-refractivity contribution is -0.161. The van der Waals surface area contributed by atoms with Gasteiger partial charge in [0.1, 0.15) is 12.1 Å². The number of piperidine rings is 1. The summed E-state index contributed by atoms with van der Waals surface area (Å²) in [6.07, 6.45) is -9.55. The van der Waals surface area contributed by atoms with Crippen LogP contribution in [-0.2, 0) is 15.8 Å². The molecule has 0 N–H and O–H groups in total. The van der Waals surface area contributed by atoms with E-state index in [-0.39, 0.29) is 49.9 Å². The Kier molecular flexibility index (Phi) is 6.48. The Morgan fingerprint density at radius 2 is 1.65 bits per heavy atom. The highest BCUT2D eigenvalue weighted by Gasteiger charge is 2.39. The molecule has 3 heterocycles. The van der Waals surface area contributed by atoms with Crippen LogP contribution in [0.5, 0.6) is 0 Å². The SMILES string of the molecule is O=C(CC(F)(F)F)N1CCC2=C(C1)C(C(=O)N1CCC(c3ccccc3C(F)(F)F)CC1)=NC2. The van der Waals surface area contributed by atoms with Gasteiger partial charge in [0.15, 0.2) is 0 Å². The molecule has 184 valence electrons. The van der Waals surface area contributed by atoms with Crippen molar-refractivity contribution in [2.75, 3.05) is 32.7 Å². The Hall–Kier alpha value is -2.85. The van der Waals surface area contributed by atoms with E-state index in [1.165, 1.54) is 17.0 Å². The van der Waals surface area contributed by atoms with Gasteiger partial charge in [-0.05, 0) is 42.4 Å². The van der Waals surface area contributed by atoms with Crippen molar-refractivity contribution in [2.24, 2.45) is 4.99 Å². The second kappa shape index (κ2) is 9.07. The molecular weight excluding hydrogens is 464 g/mol. The van der Waals surface area contributed by atoms with E-state index in [0.717, 1.165) is 16.5 Å². The minimum absolute atomic E-state index is 0.0930. The van der Waals surface area contributed by atoms with Crippen molar-refractivity contribution >= 4 is 17.5 Å². The second-order valence-electron chi connectivity index (χ2n) is 8.76. The Morgan fingerprint density at radius 1 is 0.971 bits per heavy atom. The lowest BCUT2D eigenvalue weighted by Gasteiger charge is -2.34. The number of carbonyl (C=O) groups is 2. The van der Waals surface area contributed by atoms with Gasteiger partial charge in [0, 0.05) is 31.8 Å². The number of rotatable bonds is 3. The van der Waals surface area contributed by atoms with Crippen LogP contribution >= 0.6 is 0 Å². The van der Waals surface area contributed by atoms with Crippen LogP contribution in [0.1, 0.15) is 42.7 Å². The number of aliphatic imine (C=N–C) groups is 1. The van der Waals surface area contributed by atoms with Crippen LogP contribution in [0.15, 0.2) is 40.4 Å². The van der Waals surface area contributed by atoms with Gasteiger partial charge in [-0.15, -0.1) is 0 Å². The van der Waals surface area contributed by atoms with Gasteiger partial charge in [0.05, 0.1) is 12.1 Å². The number of carbonyl (C=O) groups excluding carboxylic acids is 2. The van der Waals surface area contributed by atoms with E-state index in [9.17, 15) is 35.9 Å². The number of alkyl halides is 6. The Labute approximate surface area is 192 Å². The Bertz CT molecular complexity index is 1040. The predicted molar refractivity (Wildman–Crippen MR) is 111 cm³/mol. The first-order valence-corrected chi connectivity index (χ1v) is 11.0. The van der Waals surface area contributed by atoms with E-state index in [0.29, 0.717) is 24.8 Å². The molecule has 0 atom stereocenters. The maximum Gasteiger partial charge on any atom is 0.416 e. The topological polar surface area (TPSA) is 53.0 Å². The van der Waals surface area contributed by atoms with E-state index in [4.69, 9.17) is 0 Å². The third kappa shape index (κ3) is 5.12. The molecular formula is C23H23F6N3O2. The zero-order chi connectivity index (χ0) is 24.7. The van der Waals surface area contributed by atoms with Crippen LogP contribution in [0, 0.1) is 0 Å². The smallest absolute Gasteiger partial charge is 0.338 e. The van der Waals surface area contributed by atoms with Crippen molar-refractivity contribution in [3.63, 3.8) is 0 Å². The van der Waals surface area contributed by atoms with Crippen LogP contribution < -0.4 is 0 Å². The molecule has 34 heavy (non-hydrogen) atoms. The van der Waals surface area contributed by atoms with E-state index < -0.39 is 36.2 Å². The highest BCUT2D eigenvalue weighted by molar-refractivity contribution is 6.46. The number of hydrogen-bond acceptors (Lipinski definition) is 3. The van der Waals surface area contributed by atoms with Crippen LogP contribution in [0.2, 0.25) is 0 Å². The first-order chi connectivity index (χ1) is 15.9. The fourth-order valence-electron chi connectivity index (χ4n) is 4.84. The molecule has 0 spiro atoms. The molecule has 1 aromatic carbocycles. The predicted octanol–water partition coefficient (Wildman–Crippen LogP) is 4.35.